The van der Waals surface area contributed by atoms with Gasteiger partial charge < -0.3 is 10.2 Å². The van der Waals surface area contributed by atoms with Crippen LogP contribution in [0.2, 0.25) is 0 Å². The molecule has 0 saturated carbocycles. The number of nitrogens with one attached hydrogen (secondary N) is 1. The lowest BCUT2D eigenvalue weighted by molar-refractivity contribution is -0.131. The van der Waals surface area contributed by atoms with Crippen molar-refractivity contribution in [1.82, 2.24) is 10.2 Å². The predicted molar refractivity (Wildman–Crippen MR) is 80.9 cm³/mol. The summed E-state index contributed by atoms with van der Waals surface area (Å²) in [5.74, 6) is -2.34. The lowest BCUT2D eigenvalue weighted by atomic mass is 10.1. The van der Waals surface area contributed by atoms with Gasteiger partial charge in [-0.05, 0) is 39.0 Å². The number of carbonyl (C=O) groups is 2. The van der Waals surface area contributed by atoms with Gasteiger partial charge in [0.05, 0.1) is 6.54 Å². The first-order valence-electron chi connectivity index (χ1n) is 6.78. The molecule has 1 N–H and O–H groups in total. The maximum Gasteiger partial charge on any atom is 0.246 e. The highest BCUT2D eigenvalue weighted by atomic mass is 19.1. The molecule has 0 aromatic heterocycles. The maximum absolute atomic E-state index is 13.4. The molecule has 0 spiro atoms. The van der Waals surface area contributed by atoms with E-state index in [1.54, 1.807) is 0 Å². The molecule has 1 aromatic rings. The van der Waals surface area contributed by atoms with Crippen molar-refractivity contribution in [3.05, 3.63) is 41.5 Å². The standard InChI is InChI=1S/C16H20F2N2O2/c1-16(2,3)19-14(21)10-20(4)15(22)9-8-11-12(17)6-5-7-13(11)18/h5-9H,10H2,1-4H3,(H,19,21). The Labute approximate surface area is 128 Å². The molecule has 0 aliphatic rings. The molecule has 120 valence electrons. The predicted octanol–water partition coefficient (Wildman–Crippen LogP) is 2.35. The number of amides is 2. The summed E-state index contributed by atoms with van der Waals surface area (Å²) < 4.78 is 26.8. The number of benzene rings is 1. The number of hydrogen-bond acceptors (Lipinski definition) is 2. The molecule has 0 aliphatic carbocycles. The molecule has 0 saturated heterocycles. The van der Waals surface area contributed by atoms with E-state index >= 15 is 0 Å². The molecule has 0 radical (unpaired) electrons. The molecule has 0 fully saturated rings. The number of nitrogens with zero attached hydrogens (tertiary/aromatic N) is 1. The Bertz CT molecular complexity index is 572. The summed E-state index contributed by atoms with van der Waals surface area (Å²) in [6, 6.07) is 3.45. The first-order chi connectivity index (χ1) is 10.1. The first-order valence-corrected chi connectivity index (χ1v) is 6.78. The molecule has 2 amide bonds. The maximum atomic E-state index is 13.4. The third-order valence-corrected chi connectivity index (χ3v) is 2.66. The fourth-order valence-corrected chi connectivity index (χ4v) is 1.70. The Hall–Kier alpha value is -2.24. The summed E-state index contributed by atoms with van der Waals surface area (Å²) in [5.41, 5.74) is -0.684. The molecule has 0 unspecified atom stereocenters. The van der Waals surface area contributed by atoms with E-state index in [-0.39, 0.29) is 18.0 Å². The van der Waals surface area contributed by atoms with Crippen LogP contribution >= 0.6 is 0 Å². The van der Waals surface area contributed by atoms with Gasteiger partial charge in [-0.2, -0.15) is 0 Å². The van der Waals surface area contributed by atoms with Crippen LogP contribution in [0.5, 0.6) is 0 Å². The molecule has 0 heterocycles. The van der Waals surface area contributed by atoms with Crippen molar-refractivity contribution in [3.63, 3.8) is 0 Å². The normalized spacial score (nSPS) is 11.5. The molecule has 6 heteroatoms. The summed E-state index contributed by atoms with van der Waals surface area (Å²) in [6.45, 7) is 5.34. The highest BCUT2D eigenvalue weighted by Crippen LogP contribution is 2.13. The Morgan fingerprint density at radius 1 is 1.23 bits per heavy atom. The summed E-state index contributed by atoms with van der Waals surface area (Å²) in [5, 5.41) is 2.72. The summed E-state index contributed by atoms with van der Waals surface area (Å²) >= 11 is 0. The number of likely N-dealkylation sites (N-methyl/N-ethyl adjacent to an activating group) is 1. The quantitative estimate of drug-likeness (QED) is 0.868. The molecule has 1 aromatic carbocycles. The van der Waals surface area contributed by atoms with E-state index in [2.05, 4.69) is 5.32 Å². The second-order valence-corrected chi connectivity index (χ2v) is 5.96. The second kappa shape index (κ2) is 7.15. The SMILES string of the molecule is CN(CC(=O)NC(C)(C)C)C(=O)C=Cc1c(F)cccc1F. The van der Waals surface area contributed by atoms with Crippen LogP contribution in [0.1, 0.15) is 26.3 Å². The van der Waals surface area contributed by atoms with Crippen molar-refractivity contribution >= 4 is 17.9 Å². The van der Waals surface area contributed by atoms with Gasteiger partial charge in [-0.25, -0.2) is 8.78 Å². The van der Waals surface area contributed by atoms with Crippen LogP contribution in [0, 0.1) is 11.6 Å². The minimum absolute atomic E-state index is 0.139. The number of rotatable bonds is 4. The molecule has 4 nitrogen and oxygen atoms in total. The average Bonchev–Trinajstić information content (AvgIpc) is 2.35. The van der Waals surface area contributed by atoms with E-state index in [0.29, 0.717) is 0 Å². The summed E-state index contributed by atoms with van der Waals surface area (Å²) in [6.07, 6.45) is 2.09. The molecule has 0 atom stereocenters. The van der Waals surface area contributed by atoms with Gasteiger partial charge in [0.25, 0.3) is 0 Å². The Morgan fingerprint density at radius 2 is 1.77 bits per heavy atom. The zero-order chi connectivity index (χ0) is 16.9. The molecule has 0 aliphatic heterocycles. The van der Waals surface area contributed by atoms with Crippen LogP contribution in [0.25, 0.3) is 6.08 Å². The van der Waals surface area contributed by atoms with Crippen molar-refractivity contribution in [1.29, 1.82) is 0 Å². The van der Waals surface area contributed by atoms with Gasteiger partial charge in [0.1, 0.15) is 11.6 Å². The fourth-order valence-electron chi connectivity index (χ4n) is 1.70. The van der Waals surface area contributed by atoms with E-state index in [4.69, 9.17) is 0 Å². The van der Waals surface area contributed by atoms with Crippen LogP contribution in [-0.2, 0) is 9.59 Å². The van der Waals surface area contributed by atoms with Crippen LogP contribution in [0.15, 0.2) is 24.3 Å². The first kappa shape index (κ1) is 17.8. The Kier molecular flexibility index (Phi) is 5.79. The van der Waals surface area contributed by atoms with Gasteiger partial charge in [0.15, 0.2) is 0 Å². The lowest BCUT2D eigenvalue weighted by Crippen LogP contribution is -2.46. The van der Waals surface area contributed by atoms with Gasteiger partial charge in [-0.15, -0.1) is 0 Å². The molecular weight excluding hydrogens is 290 g/mol. The molecule has 0 bridgehead atoms. The molecule has 1 rings (SSSR count). The Balaban J connectivity index is 2.68. The minimum Gasteiger partial charge on any atom is -0.350 e. The van der Waals surface area contributed by atoms with Gasteiger partial charge in [-0.1, -0.05) is 6.07 Å². The number of hydrogen-bond donors (Lipinski definition) is 1. The van der Waals surface area contributed by atoms with Gasteiger partial charge in [-0.3, -0.25) is 9.59 Å². The van der Waals surface area contributed by atoms with Gasteiger partial charge >= 0.3 is 0 Å². The van der Waals surface area contributed by atoms with Gasteiger partial charge in [0, 0.05) is 24.2 Å². The van der Waals surface area contributed by atoms with Crippen molar-refractivity contribution in [3.8, 4) is 0 Å². The third kappa shape index (κ3) is 5.63. The van der Waals surface area contributed by atoms with Crippen LogP contribution < -0.4 is 5.32 Å². The lowest BCUT2D eigenvalue weighted by Gasteiger charge is -2.22. The summed E-state index contributed by atoms with van der Waals surface area (Å²) in [4.78, 5) is 24.7. The zero-order valence-corrected chi connectivity index (χ0v) is 13.1. The van der Waals surface area contributed by atoms with E-state index in [1.807, 2.05) is 20.8 Å². The molecular formula is C16H20F2N2O2. The fraction of sp³-hybridized carbons (Fsp3) is 0.375. The second-order valence-electron chi connectivity index (χ2n) is 5.96. The highest BCUT2D eigenvalue weighted by Gasteiger charge is 2.16. The summed E-state index contributed by atoms with van der Waals surface area (Å²) in [7, 11) is 1.44. The van der Waals surface area contributed by atoms with Crippen molar-refractivity contribution in [2.75, 3.05) is 13.6 Å². The average molecular weight is 310 g/mol. The highest BCUT2D eigenvalue weighted by molar-refractivity contribution is 5.94. The largest absolute Gasteiger partial charge is 0.350 e. The van der Waals surface area contributed by atoms with E-state index in [9.17, 15) is 18.4 Å². The van der Waals surface area contributed by atoms with E-state index in [1.165, 1.54) is 13.1 Å². The third-order valence-electron chi connectivity index (χ3n) is 2.66. The van der Waals surface area contributed by atoms with Gasteiger partial charge in [0.2, 0.25) is 11.8 Å². The Morgan fingerprint density at radius 3 is 2.27 bits per heavy atom. The molecule has 22 heavy (non-hydrogen) atoms. The van der Waals surface area contributed by atoms with Crippen LogP contribution in [0.4, 0.5) is 8.78 Å². The number of halogens is 2. The van der Waals surface area contributed by atoms with E-state index < -0.39 is 23.1 Å². The van der Waals surface area contributed by atoms with Crippen LogP contribution in [-0.4, -0.2) is 35.8 Å². The van der Waals surface area contributed by atoms with Crippen molar-refractivity contribution < 1.29 is 18.4 Å². The van der Waals surface area contributed by atoms with Crippen molar-refractivity contribution in [2.45, 2.75) is 26.3 Å². The monoisotopic (exact) mass is 310 g/mol. The van der Waals surface area contributed by atoms with E-state index in [0.717, 1.165) is 29.2 Å². The zero-order valence-electron chi connectivity index (χ0n) is 13.1. The minimum atomic E-state index is -0.753. The van der Waals surface area contributed by atoms with Crippen molar-refractivity contribution in [2.24, 2.45) is 0 Å². The topological polar surface area (TPSA) is 49.4 Å². The number of carbonyl (C=O) groups excluding carboxylic acids is 2. The van der Waals surface area contributed by atoms with Crippen LogP contribution in [0.3, 0.4) is 0 Å². The smallest absolute Gasteiger partial charge is 0.246 e.